The molecule has 7 nitrogen and oxygen atoms in total. The summed E-state index contributed by atoms with van der Waals surface area (Å²) >= 11 is 0. The maximum absolute atomic E-state index is 4.49. The Morgan fingerprint density at radius 2 is 2.11 bits per heavy atom. The Morgan fingerprint density at radius 1 is 1.25 bits per heavy atom. The molecule has 3 heterocycles. The molecule has 0 aliphatic carbocycles. The Kier molecular flexibility index (Phi) is 5.90. The highest BCUT2D eigenvalue weighted by atomic mass is 15.4. The van der Waals surface area contributed by atoms with Crippen LogP contribution in [0.3, 0.4) is 0 Å². The third kappa shape index (κ3) is 4.52. The van der Waals surface area contributed by atoms with Gasteiger partial charge in [-0.25, -0.2) is 9.67 Å². The average Bonchev–Trinajstić information content (AvgIpc) is 3.30. The number of aryl methyl sites for hydroxylation is 2. The lowest BCUT2D eigenvalue weighted by Crippen LogP contribution is -2.49. The zero-order valence-electron chi connectivity index (χ0n) is 16.9. The average molecular weight is 382 g/mol. The van der Waals surface area contributed by atoms with Crippen molar-refractivity contribution >= 4 is 5.96 Å². The van der Waals surface area contributed by atoms with Crippen LogP contribution < -0.4 is 10.6 Å². The molecule has 1 aromatic carbocycles. The van der Waals surface area contributed by atoms with Gasteiger partial charge in [0.25, 0.3) is 0 Å². The molecular formula is C21H31N7. The lowest BCUT2D eigenvalue weighted by atomic mass is 10.1. The summed E-state index contributed by atoms with van der Waals surface area (Å²) in [6.07, 6.45) is 4.52. The van der Waals surface area contributed by atoms with Crippen LogP contribution in [0.15, 0.2) is 35.3 Å². The van der Waals surface area contributed by atoms with Crippen molar-refractivity contribution in [3.05, 3.63) is 47.5 Å². The van der Waals surface area contributed by atoms with Gasteiger partial charge in [-0.2, -0.15) is 5.10 Å². The smallest absolute Gasteiger partial charge is 0.191 e. The number of hydrogen-bond acceptors (Lipinski definition) is 4. The number of likely N-dealkylation sites (tertiary alicyclic amines) is 1. The van der Waals surface area contributed by atoms with Crippen molar-refractivity contribution in [2.75, 3.05) is 20.1 Å². The number of aliphatic imine (C=N–C) groups is 1. The molecule has 2 aliphatic rings. The summed E-state index contributed by atoms with van der Waals surface area (Å²) < 4.78 is 2.03. The zero-order valence-corrected chi connectivity index (χ0v) is 16.9. The van der Waals surface area contributed by atoms with Crippen LogP contribution in [0.4, 0.5) is 0 Å². The second kappa shape index (κ2) is 8.73. The number of guanidine groups is 1. The van der Waals surface area contributed by atoms with Gasteiger partial charge in [-0.1, -0.05) is 30.3 Å². The summed E-state index contributed by atoms with van der Waals surface area (Å²) in [6, 6.07) is 11.6. The van der Waals surface area contributed by atoms with Gasteiger partial charge in [0.2, 0.25) is 0 Å². The van der Waals surface area contributed by atoms with E-state index in [1.54, 1.807) is 0 Å². The number of benzene rings is 1. The van der Waals surface area contributed by atoms with Crippen molar-refractivity contribution in [3.8, 4) is 0 Å². The van der Waals surface area contributed by atoms with Gasteiger partial charge in [0, 0.05) is 38.6 Å². The van der Waals surface area contributed by atoms with Gasteiger partial charge < -0.3 is 10.6 Å². The highest BCUT2D eigenvalue weighted by Crippen LogP contribution is 2.19. The summed E-state index contributed by atoms with van der Waals surface area (Å²) in [5.41, 5.74) is 1.39. The van der Waals surface area contributed by atoms with Gasteiger partial charge in [0.05, 0.1) is 6.54 Å². The normalized spacial score (nSPS) is 22.9. The largest absolute Gasteiger partial charge is 0.355 e. The minimum atomic E-state index is 0.337. The summed E-state index contributed by atoms with van der Waals surface area (Å²) in [7, 11) is 1.85. The van der Waals surface area contributed by atoms with Crippen LogP contribution in [0.5, 0.6) is 0 Å². The van der Waals surface area contributed by atoms with Crippen LogP contribution in [0, 0.1) is 6.92 Å². The van der Waals surface area contributed by atoms with Crippen molar-refractivity contribution in [2.24, 2.45) is 4.99 Å². The molecule has 2 N–H and O–H groups in total. The first-order valence-electron chi connectivity index (χ1n) is 10.4. The second-order valence-corrected chi connectivity index (χ2v) is 7.84. The minimum absolute atomic E-state index is 0.337. The molecule has 0 saturated carbocycles. The maximum Gasteiger partial charge on any atom is 0.191 e. The van der Waals surface area contributed by atoms with Crippen LogP contribution in [-0.4, -0.2) is 57.8 Å². The highest BCUT2D eigenvalue weighted by Gasteiger charge is 2.25. The molecule has 7 heteroatoms. The number of fused-ring (bicyclic) bond motifs is 1. The first kappa shape index (κ1) is 18.9. The van der Waals surface area contributed by atoms with Gasteiger partial charge in [0.15, 0.2) is 5.96 Å². The van der Waals surface area contributed by atoms with Gasteiger partial charge in [-0.3, -0.25) is 9.89 Å². The van der Waals surface area contributed by atoms with Crippen LogP contribution >= 0.6 is 0 Å². The van der Waals surface area contributed by atoms with Gasteiger partial charge >= 0.3 is 0 Å². The van der Waals surface area contributed by atoms with Crippen molar-refractivity contribution in [3.63, 3.8) is 0 Å². The quantitative estimate of drug-likeness (QED) is 0.610. The number of hydrogen-bond donors (Lipinski definition) is 2. The van der Waals surface area contributed by atoms with Crippen LogP contribution in [-0.2, 0) is 19.5 Å². The molecule has 2 aliphatic heterocycles. The molecule has 0 spiro atoms. The number of rotatable bonds is 5. The number of nitrogens with one attached hydrogen (secondary N) is 2. The van der Waals surface area contributed by atoms with Crippen molar-refractivity contribution in [2.45, 2.75) is 57.8 Å². The SMILES string of the molecule is CN=C(NCC1CCCN1Cc1ccccc1)NC1CCc2nc(C)nn2C1. The standard InChI is InChI=1S/C21H31N7/c1-16-24-20-11-10-18(15-28(20)26-16)25-21(22-2)23-13-19-9-6-12-27(19)14-17-7-4-3-5-8-17/h3-5,7-8,18-19H,6,9-15H2,1-2H3,(H2,22,23,25). The van der Waals surface area contributed by atoms with Gasteiger partial charge in [0.1, 0.15) is 11.6 Å². The Morgan fingerprint density at radius 3 is 2.93 bits per heavy atom. The molecule has 1 fully saturated rings. The molecule has 1 saturated heterocycles. The van der Waals surface area contributed by atoms with Gasteiger partial charge in [-0.05, 0) is 38.3 Å². The summed E-state index contributed by atoms with van der Waals surface area (Å²) in [6.45, 7) is 5.92. The molecule has 2 aromatic rings. The monoisotopic (exact) mass is 381 g/mol. The van der Waals surface area contributed by atoms with E-state index in [2.05, 4.69) is 60.9 Å². The Balaban J connectivity index is 1.28. The molecule has 4 rings (SSSR count). The number of aromatic nitrogens is 3. The predicted octanol–water partition coefficient (Wildman–Crippen LogP) is 1.73. The Hall–Kier alpha value is -2.41. The van der Waals surface area contributed by atoms with Gasteiger partial charge in [-0.15, -0.1) is 0 Å². The van der Waals surface area contributed by atoms with Crippen LogP contribution in [0.25, 0.3) is 0 Å². The molecule has 2 unspecified atom stereocenters. The molecular weight excluding hydrogens is 350 g/mol. The fraction of sp³-hybridized carbons (Fsp3) is 0.571. The molecule has 28 heavy (non-hydrogen) atoms. The second-order valence-electron chi connectivity index (χ2n) is 7.84. The lowest BCUT2D eigenvalue weighted by molar-refractivity contribution is 0.245. The Labute approximate surface area is 167 Å². The van der Waals surface area contributed by atoms with E-state index in [1.807, 2.05) is 18.7 Å². The van der Waals surface area contributed by atoms with E-state index in [0.29, 0.717) is 12.1 Å². The lowest BCUT2D eigenvalue weighted by Gasteiger charge is -2.28. The fourth-order valence-electron chi connectivity index (χ4n) is 4.31. The predicted molar refractivity (Wildman–Crippen MR) is 111 cm³/mol. The third-order valence-corrected chi connectivity index (χ3v) is 5.76. The topological polar surface area (TPSA) is 70.4 Å². The van der Waals surface area contributed by atoms with E-state index in [9.17, 15) is 0 Å². The molecule has 0 amide bonds. The van der Waals surface area contributed by atoms with E-state index < -0.39 is 0 Å². The van der Waals surface area contributed by atoms with E-state index in [-0.39, 0.29) is 0 Å². The highest BCUT2D eigenvalue weighted by molar-refractivity contribution is 5.80. The molecule has 0 radical (unpaired) electrons. The Bertz CT molecular complexity index is 798. The summed E-state index contributed by atoms with van der Waals surface area (Å²) in [4.78, 5) is 11.5. The van der Waals surface area contributed by atoms with Crippen LogP contribution in [0.2, 0.25) is 0 Å². The fourth-order valence-corrected chi connectivity index (χ4v) is 4.31. The van der Waals surface area contributed by atoms with E-state index in [4.69, 9.17) is 0 Å². The summed E-state index contributed by atoms with van der Waals surface area (Å²) in [5.74, 6) is 2.84. The molecule has 150 valence electrons. The summed E-state index contributed by atoms with van der Waals surface area (Å²) in [5, 5.41) is 11.6. The molecule has 0 bridgehead atoms. The van der Waals surface area contributed by atoms with E-state index in [1.165, 1.54) is 24.9 Å². The van der Waals surface area contributed by atoms with Crippen LogP contribution in [0.1, 0.15) is 36.5 Å². The minimum Gasteiger partial charge on any atom is -0.355 e. The third-order valence-electron chi connectivity index (χ3n) is 5.76. The van der Waals surface area contributed by atoms with Crippen molar-refractivity contribution < 1.29 is 0 Å². The first-order chi connectivity index (χ1) is 13.7. The van der Waals surface area contributed by atoms with E-state index in [0.717, 1.165) is 50.1 Å². The van der Waals surface area contributed by atoms with E-state index >= 15 is 0 Å². The number of nitrogens with zero attached hydrogens (tertiary/aromatic N) is 5. The first-order valence-corrected chi connectivity index (χ1v) is 10.4. The van der Waals surface area contributed by atoms with Crippen molar-refractivity contribution in [1.82, 2.24) is 30.3 Å². The zero-order chi connectivity index (χ0) is 19.3. The molecule has 1 aromatic heterocycles. The van der Waals surface area contributed by atoms with Crippen molar-refractivity contribution in [1.29, 1.82) is 0 Å². The molecule has 2 atom stereocenters. The maximum atomic E-state index is 4.49.